The van der Waals surface area contributed by atoms with Gasteiger partial charge >= 0.3 is 0 Å². The Hall–Kier alpha value is -2.19. The fraction of sp³-hybridized carbons (Fsp3) is 0.429. The summed E-state index contributed by atoms with van der Waals surface area (Å²) in [5.41, 5.74) is 4.99. The van der Waals surface area contributed by atoms with E-state index in [1.165, 1.54) is 42.9 Å². The number of anilines is 2. The lowest BCUT2D eigenvalue weighted by Gasteiger charge is -2.25. The monoisotopic (exact) mass is 427 g/mol. The Morgan fingerprint density at radius 2 is 1.86 bits per heavy atom. The van der Waals surface area contributed by atoms with Gasteiger partial charge < -0.3 is 10.2 Å². The molecule has 3 heterocycles. The zero-order valence-electron chi connectivity index (χ0n) is 17.0. The molecule has 1 fully saturated rings. The zero-order valence-corrected chi connectivity index (χ0v) is 18.6. The van der Waals surface area contributed by atoms with Crippen LogP contribution in [0.4, 0.5) is 10.8 Å². The van der Waals surface area contributed by atoms with Crippen LogP contribution in [-0.4, -0.2) is 39.7 Å². The maximum Gasteiger partial charge on any atom is 0.234 e. The number of fused-ring (bicyclic) bond motifs is 1. The Morgan fingerprint density at radius 1 is 1.14 bits per heavy atom. The molecular formula is C21H25N5OS2. The lowest BCUT2D eigenvalue weighted by atomic mass is 10.1. The second kappa shape index (κ2) is 8.67. The first-order valence-corrected chi connectivity index (χ1v) is 11.7. The molecule has 0 spiro atoms. The van der Waals surface area contributed by atoms with Crippen molar-refractivity contribution in [3.8, 4) is 0 Å². The number of thiazole rings is 1. The molecule has 1 N–H and O–H groups in total. The van der Waals surface area contributed by atoms with Gasteiger partial charge in [0.1, 0.15) is 16.1 Å². The van der Waals surface area contributed by atoms with Crippen LogP contribution >= 0.6 is 23.1 Å². The molecule has 2 aromatic heterocycles. The summed E-state index contributed by atoms with van der Waals surface area (Å²) in [6.07, 6.45) is 5.25. The first-order chi connectivity index (χ1) is 14.0. The maximum absolute atomic E-state index is 12.6. The molecule has 6 nitrogen and oxygen atoms in total. The summed E-state index contributed by atoms with van der Waals surface area (Å²) in [5, 5.41) is 4.89. The Bertz CT molecular complexity index is 1020. The summed E-state index contributed by atoms with van der Waals surface area (Å²) in [7, 11) is 0. The van der Waals surface area contributed by atoms with Gasteiger partial charge in [0.2, 0.25) is 5.91 Å². The number of hydrogen-bond donors (Lipinski definition) is 1. The van der Waals surface area contributed by atoms with E-state index < -0.39 is 0 Å². The summed E-state index contributed by atoms with van der Waals surface area (Å²) < 4.78 is 0.966. The third-order valence-corrected chi connectivity index (χ3v) is 7.29. The van der Waals surface area contributed by atoms with Gasteiger partial charge in [-0.05, 0) is 51.2 Å². The largest absolute Gasteiger partial charge is 0.348 e. The van der Waals surface area contributed by atoms with Crippen LogP contribution in [0.5, 0.6) is 0 Å². The van der Waals surface area contributed by atoms with Crippen LogP contribution in [0.2, 0.25) is 0 Å². The van der Waals surface area contributed by atoms with Crippen molar-refractivity contribution in [2.24, 2.45) is 0 Å². The molecule has 0 aliphatic carbocycles. The van der Waals surface area contributed by atoms with Gasteiger partial charge in [0.05, 0.1) is 5.75 Å². The summed E-state index contributed by atoms with van der Waals surface area (Å²) in [4.78, 5) is 28.4. The molecule has 29 heavy (non-hydrogen) atoms. The van der Waals surface area contributed by atoms with Crippen LogP contribution in [0.15, 0.2) is 23.5 Å². The van der Waals surface area contributed by atoms with Gasteiger partial charge in [-0.15, -0.1) is 0 Å². The molecule has 0 radical (unpaired) electrons. The van der Waals surface area contributed by atoms with E-state index in [2.05, 4.69) is 39.2 Å². The number of nitrogens with zero attached hydrogens (tertiary/aromatic N) is 4. The Labute approximate surface area is 179 Å². The molecule has 4 rings (SSSR count). The van der Waals surface area contributed by atoms with E-state index in [4.69, 9.17) is 4.98 Å². The van der Waals surface area contributed by atoms with Gasteiger partial charge in [0, 0.05) is 18.8 Å². The van der Waals surface area contributed by atoms with Crippen molar-refractivity contribution in [1.29, 1.82) is 0 Å². The van der Waals surface area contributed by atoms with Crippen LogP contribution < -0.4 is 10.2 Å². The molecule has 3 aromatic rings. The number of piperidine rings is 1. The molecule has 1 amide bonds. The lowest BCUT2D eigenvalue weighted by Crippen LogP contribution is -2.29. The number of benzene rings is 1. The molecule has 0 saturated carbocycles. The predicted octanol–water partition coefficient (Wildman–Crippen LogP) is 4.73. The van der Waals surface area contributed by atoms with E-state index in [0.29, 0.717) is 5.75 Å². The van der Waals surface area contributed by atoms with Crippen LogP contribution in [0.3, 0.4) is 0 Å². The van der Waals surface area contributed by atoms with Crippen molar-refractivity contribution in [3.63, 3.8) is 0 Å². The van der Waals surface area contributed by atoms with Crippen LogP contribution in [0.1, 0.15) is 36.0 Å². The van der Waals surface area contributed by atoms with Gasteiger partial charge in [-0.3, -0.25) is 4.79 Å². The first-order valence-electron chi connectivity index (χ1n) is 9.88. The molecule has 1 saturated heterocycles. The van der Waals surface area contributed by atoms with Gasteiger partial charge in [0.25, 0.3) is 0 Å². The third kappa shape index (κ3) is 4.53. The van der Waals surface area contributed by atoms with Crippen molar-refractivity contribution >= 4 is 50.2 Å². The minimum absolute atomic E-state index is 0.0300. The summed E-state index contributed by atoms with van der Waals surface area (Å²) in [6.45, 7) is 8.21. The van der Waals surface area contributed by atoms with Gasteiger partial charge in [-0.25, -0.2) is 9.97 Å². The number of thioether (sulfide) groups is 1. The normalized spacial score (nSPS) is 14.4. The quantitative estimate of drug-likeness (QED) is 0.469. The summed E-state index contributed by atoms with van der Waals surface area (Å²) in [6, 6.07) is 4.17. The number of carbonyl (C=O) groups excluding carboxylic acids is 1. The van der Waals surface area contributed by atoms with Crippen molar-refractivity contribution < 1.29 is 4.79 Å². The van der Waals surface area contributed by atoms with Gasteiger partial charge in [-0.2, -0.15) is 4.98 Å². The van der Waals surface area contributed by atoms with Crippen molar-refractivity contribution in [2.45, 2.75) is 45.1 Å². The average Bonchev–Trinajstić information content (AvgIpc) is 3.15. The molecule has 0 bridgehead atoms. The van der Waals surface area contributed by atoms with E-state index in [-0.39, 0.29) is 5.91 Å². The standard InChI is InChI=1S/C21H25N5OS2/c1-13-9-14(2)17(15(3)10-13)24-16(27)11-28-20-18-19(22-12-23-20)25-21(29-18)26-7-5-4-6-8-26/h9-10,12H,4-8,11H2,1-3H3,(H,24,27). The smallest absolute Gasteiger partial charge is 0.234 e. The predicted molar refractivity (Wildman–Crippen MR) is 121 cm³/mol. The van der Waals surface area contributed by atoms with Gasteiger partial charge in [0.15, 0.2) is 10.8 Å². The van der Waals surface area contributed by atoms with Crippen LogP contribution in [0, 0.1) is 20.8 Å². The first kappa shape index (κ1) is 20.1. The Balaban J connectivity index is 1.47. The van der Waals surface area contributed by atoms with E-state index in [1.54, 1.807) is 11.3 Å². The topological polar surface area (TPSA) is 71.0 Å². The fourth-order valence-electron chi connectivity index (χ4n) is 3.73. The van der Waals surface area contributed by atoms with E-state index >= 15 is 0 Å². The highest BCUT2D eigenvalue weighted by Crippen LogP contribution is 2.34. The maximum atomic E-state index is 12.6. The highest BCUT2D eigenvalue weighted by molar-refractivity contribution is 8.00. The Kier molecular flexibility index (Phi) is 6.01. The molecule has 152 valence electrons. The highest BCUT2D eigenvalue weighted by Gasteiger charge is 2.18. The molecule has 1 aromatic carbocycles. The minimum Gasteiger partial charge on any atom is -0.348 e. The zero-order chi connectivity index (χ0) is 20.4. The third-order valence-electron chi connectivity index (χ3n) is 5.06. The number of hydrogen-bond acceptors (Lipinski definition) is 7. The number of aryl methyl sites for hydroxylation is 3. The van der Waals surface area contributed by atoms with Crippen molar-refractivity contribution in [3.05, 3.63) is 35.2 Å². The van der Waals surface area contributed by atoms with E-state index in [1.807, 2.05) is 13.8 Å². The molecule has 1 aliphatic heterocycles. The van der Waals surface area contributed by atoms with E-state index in [0.717, 1.165) is 50.4 Å². The molecule has 1 aliphatic rings. The second-order valence-corrected chi connectivity index (χ2v) is 9.43. The van der Waals surface area contributed by atoms with Crippen LogP contribution in [-0.2, 0) is 4.79 Å². The number of carbonyl (C=O) groups is 1. The number of rotatable bonds is 5. The van der Waals surface area contributed by atoms with E-state index in [9.17, 15) is 4.79 Å². The summed E-state index contributed by atoms with van der Waals surface area (Å²) >= 11 is 3.07. The van der Waals surface area contributed by atoms with Crippen LogP contribution in [0.25, 0.3) is 10.3 Å². The highest BCUT2D eigenvalue weighted by atomic mass is 32.2. The Morgan fingerprint density at radius 3 is 2.59 bits per heavy atom. The van der Waals surface area contributed by atoms with Crippen molar-refractivity contribution in [2.75, 3.05) is 29.1 Å². The minimum atomic E-state index is -0.0300. The molecule has 8 heteroatoms. The lowest BCUT2D eigenvalue weighted by molar-refractivity contribution is -0.113. The summed E-state index contributed by atoms with van der Waals surface area (Å²) in [5.74, 6) is 0.271. The molecule has 0 unspecified atom stereocenters. The second-order valence-electron chi connectivity index (χ2n) is 7.49. The number of aromatic nitrogens is 3. The molecule has 0 atom stereocenters. The van der Waals surface area contributed by atoms with Crippen molar-refractivity contribution in [1.82, 2.24) is 15.0 Å². The SMILES string of the molecule is Cc1cc(C)c(NC(=O)CSc2ncnc3nc(N4CCCCC4)sc23)c(C)c1. The average molecular weight is 428 g/mol. The molecular weight excluding hydrogens is 402 g/mol. The number of amides is 1. The fourth-order valence-corrected chi connectivity index (χ4v) is 5.67. The number of nitrogens with one attached hydrogen (secondary N) is 1. The van der Waals surface area contributed by atoms with Gasteiger partial charge in [-0.1, -0.05) is 40.8 Å².